The predicted molar refractivity (Wildman–Crippen MR) is 108 cm³/mol. The van der Waals surface area contributed by atoms with Crippen molar-refractivity contribution in [3.05, 3.63) is 42.4 Å². The molecule has 1 fully saturated rings. The van der Waals surface area contributed by atoms with Gasteiger partial charge in [-0.25, -0.2) is 9.97 Å². The lowest BCUT2D eigenvalue weighted by Gasteiger charge is -2.12. The van der Waals surface area contributed by atoms with Crippen LogP contribution in [-0.2, 0) is 11.2 Å². The fourth-order valence-corrected chi connectivity index (χ4v) is 3.38. The van der Waals surface area contributed by atoms with E-state index >= 15 is 0 Å². The van der Waals surface area contributed by atoms with Gasteiger partial charge in [0, 0.05) is 29.5 Å². The Morgan fingerprint density at radius 2 is 2.28 bits per heavy atom. The second-order valence-corrected chi connectivity index (χ2v) is 7.34. The van der Waals surface area contributed by atoms with Gasteiger partial charge in [-0.15, -0.1) is 0 Å². The first kappa shape index (κ1) is 18.8. The normalized spacial score (nSPS) is 18.8. The maximum absolute atomic E-state index is 12.2. The number of nitriles is 1. The van der Waals surface area contributed by atoms with E-state index in [1.807, 2.05) is 12.1 Å². The van der Waals surface area contributed by atoms with Crippen LogP contribution in [0.2, 0.25) is 0 Å². The first-order chi connectivity index (χ1) is 14.0. The van der Waals surface area contributed by atoms with Crippen molar-refractivity contribution in [2.75, 3.05) is 11.1 Å². The highest BCUT2D eigenvalue weighted by Crippen LogP contribution is 2.38. The second-order valence-electron chi connectivity index (χ2n) is 7.34. The van der Waals surface area contributed by atoms with E-state index in [1.165, 1.54) is 0 Å². The number of aromatic nitrogens is 3. The summed E-state index contributed by atoms with van der Waals surface area (Å²) >= 11 is 0. The lowest BCUT2D eigenvalue weighted by molar-refractivity contribution is -0.117. The lowest BCUT2D eigenvalue weighted by atomic mass is 10.0. The molecule has 1 amide bonds. The maximum atomic E-state index is 12.2. The van der Waals surface area contributed by atoms with Crippen LogP contribution in [0.1, 0.15) is 18.9 Å². The number of carbonyl (C=O) groups excluding carboxylic acids is 1. The Morgan fingerprint density at radius 3 is 3.00 bits per heavy atom. The monoisotopic (exact) mass is 388 g/mol. The van der Waals surface area contributed by atoms with Crippen molar-refractivity contribution < 1.29 is 9.90 Å². The largest absolute Gasteiger partial charge is 0.393 e. The third-order valence-corrected chi connectivity index (χ3v) is 4.99. The average Bonchev–Trinajstić information content (AvgIpc) is 3.48. The molecule has 1 aliphatic carbocycles. The fraction of sp³-hybridized carbons (Fsp3) is 0.286. The number of amides is 1. The molecule has 3 atom stereocenters. The maximum Gasteiger partial charge on any atom is 0.230 e. The van der Waals surface area contributed by atoms with Crippen molar-refractivity contribution in [2.45, 2.75) is 25.9 Å². The number of anilines is 2. The van der Waals surface area contributed by atoms with E-state index in [4.69, 9.17) is 11.0 Å². The standard InChI is InChI=1S/C21H20N6O2/c1-11(28)4-12-2-3-24-9-16(12)18-6-13-7-19(25-10-17(13)20(23)26-18)27-21(29)15-5-14(15)8-22/h2-3,6-7,9-11,14-15,28H,4-5H2,1H3,(H2,23,26)(H,25,27,29). The first-order valence-electron chi connectivity index (χ1n) is 9.34. The van der Waals surface area contributed by atoms with Crippen molar-refractivity contribution in [3.63, 3.8) is 0 Å². The van der Waals surface area contributed by atoms with Gasteiger partial charge in [-0.2, -0.15) is 5.26 Å². The van der Waals surface area contributed by atoms with Gasteiger partial charge in [0.05, 0.1) is 29.7 Å². The molecule has 4 N–H and O–H groups in total. The predicted octanol–water partition coefficient (Wildman–Crippen LogP) is 2.30. The molecule has 3 unspecified atom stereocenters. The van der Waals surface area contributed by atoms with Gasteiger partial charge in [0.2, 0.25) is 5.91 Å². The molecule has 146 valence electrons. The van der Waals surface area contributed by atoms with E-state index in [-0.39, 0.29) is 17.7 Å². The van der Waals surface area contributed by atoms with Gasteiger partial charge in [0.1, 0.15) is 11.6 Å². The molecule has 8 nitrogen and oxygen atoms in total. The zero-order valence-corrected chi connectivity index (χ0v) is 15.8. The molecular weight excluding hydrogens is 368 g/mol. The number of nitrogens with one attached hydrogen (secondary N) is 1. The molecule has 3 aromatic heterocycles. The second kappa shape index (κ2) is 7.45. The Labute approximate surface area is 167 Å². The summed E-state index contributed by atoms with van der Waals surface area (Å²) in [5.74, 6) is 0.0467. The molecule has 29 heavy (non-hydrogen) atoms. The molecule has 0 radical (unpaired) electrons. The summed E-state index contributed by atoms with van der Waals surface area (Å²) in [5.41, 5.74) is 8.49. The molecule has 0 aromatic carbocycles. The number of nitrogen functional groups attached to an aromatic ring is 1. The summed E-state index contributed by atoms with van der Waals surface area (Å²) in [7, 11) is 0. The molecule has 0 saturated heterocycles. The van der Waals surface area contributed by atoms with Crippen LogP contribution in [0.25, 0.3) is 22.0 Å². The number of pyridine rings is 3. The van der Waals surface area contributed by atoms with Gasteiger partial charge in [-0.1, -0.05) is 0 Å². The van der Waals surface area contributed by atoms with E-state index in [0.29, 0.717) is 35.6 Å². The van der Waals surface area contributed by atoms with Crippen molar-refractivity contribution in [1.29, 1.82) is 5.26 Å². The summed E-state index contributed by atoms with van der Waals surface area (Å²) in [6.07, 6.45) is 5.51. The Bertz CT molecular complexity index is 1140. The van der Waals surface area contributed by atoms with Crippen LogP contribution in [0.4, 0.5) is 11.6 Å². The molecule has 1 saturated carbocycles. The summed E-state index contributed by atoms with van der Waals surface area (Å²) < 4.78 is 0. The van der Waals surface area contributed by atoms with E-state index in [1.54, 1.807) is 31.6 Å². The van der Waals surface area contributed by atoms with Crippen LogP contribution >= 0.6 is 0 Å². The van der Waals surface area contributed by atoms with E-state index in [2.05, 4.69) is 26.3 Å². The Balaban J connectivity index is 1.69. The number of hydrogen-bond acceptors (Lipinski definition) is 7. The number of carbonyl (C=O) groups is 1. The van der Waals surface area contributed by atoms with Gasteiger partial charge in [-0.3, -0.25) is 9.78 Å². The smallest absolute Gasteiger partial charge is 0.230 e. The van der Waals surface area contributed by atoms with Crippen LogP contribution in [0.15, 0.2) is 36.8 Å². The average molecular weight is 388 g/mol. The van der Waals surface area contributed by atoms with Crippen LogP contribution in [-0.4, -0.2) is 32.1 Å². The minimum Gasteiger partial charge on any atom is -0.393 e. The van der Waals surface area contributed by atoms with E-state index in [0.717, 1.165) is 16.5 Å². The molecule has 3 heterocycles. The lowest BCUT2D eigenvalue weighted by Crippen LogP contribution is -2.15. The van der Waals surface area contributed by atoms with E-state index in [9.17, 15) is 9.90 Å². The van der Waals surface area contributed by atoms with Gasteiger partial charge in [0.25, 0.3) is 0 Å². The van der Waals surface area contributed by atoms with E-state index < -0.39 is 6.10 Å². The minimum absolute atomic E-state index is 0.197. The van der Waals surface area contributed by atoms with Gasteiger partial charge in [0.15, 0.2) is 0 Å². The fourth-order valence-electron chi connectivity index (χ4n) is 3.38. The zero-order valence-electron chi connectivity index (χ0n) is 15.8. The highest BCUT2D eigenvalue weighted by atomic mass is 16.3. The van der Waals surface area contributed by atoms with Crippen LogP contribution in [0.3, 0.4) is 0 Å². The molecular formula is C21H20N6O2. The summed E-state index contributed by atoms with van der Waals surface area (Å²) in [6.45, 7) is 1.73. The third kappa shape index (κ3) is 3.86. The topological polar surface area (TPSA) is 138 Å². The highest BCUT2D eigenvalue weighted by Gasteiger charge is 2.43. The molecule has 1 aliphatic rings. The molecule has 8 heteroatoms. The summed E-state index contributed by atoms with van der Waals surface area (Å²) in [5, 5.41) is 22.9. The summed E-state index contributed by atoms with van der Waals surface area (Å²) in [6, 6.07) is 7.56. The number of fused-ring (bicyclic) bond motifs is 1. The van der Waals surface area contributed by atoms with Crippen molar-refractivity contribution in [3.8, 4) is 17.3 Å². The molecule has 0 aliphatic heterocycles. The molecule has 0 spiro atoms. The van der Waals surface area contributed by atoms with Crippen LogP contribution in [0, 0.1) is 23.2 Å². The number of rotatable bonds is 5. The minimum atomic E-state index is -0.500. The van der Waals surface area contributed by atoms with Gasteiger partial charge >= 0.3 is 0 Å². The third-order valence-electron chi connectivity index (χ3n) is 4.99. The first-order valence-corrected chi connectivity index (χ1v) is 9.34. The highest BCUT2D eigenvalue weighted by molar-refractivity contribution is 5.98. The Kier molecular flexibility index (Phi) is 4.82. The van der Waals surface area contributed by atoms with Crippen LogP contribution in [0.5, 0.6) is 0 Å². The van der Waals surface area contributed by atoms with Gasteiger partial charge in [-0.05, 0) is 48.9 Å². The number of aliphatic hydroxyl groups excluding tert-OH is 1. The number of nitrogens with zero attached hydrogens (tertiary/aromatic N) is 4. The van der Waals surface area contributed by atoms with Crippen molar-refractivity contribution >= 4 is 28.3 Å². The number of hydrogen-bond donors (Lipinski definition) is 3. The molecule has 0 bridgehead atoms. The molecule has 3 aromatic rings. The molecule has 4 rings (SSSR count). The number of nitrogens with two attached hydrogens (primary N) is 1. The quantitative estimate of drug-likeness (QED) is 0.609. The number of aliphatic hydroxyl groups is 1. The summed E-state index contributed by atoms with van der Waals surface area (Å²) in [4.78, 5) is 25.1. The SMILES string of the molecule is CC(O)Cc1ccncc1-c1cc2cc(NC(=O)C3CC3C#N)ncc2c(N)n1. The Hall–Kier alpha value is -3.57. The Morgan fingerprint density at radius 1 is 1.45 bits per heavy atom. The van der Waals surface area contributed by atoms with Crippen molar-refractivity contribution in [2.24, 2.45) is 11.8 Å². The zero-order chi connectivity index (χ0) is 20.5. The van der Waals surface area contributed by atoms with Gasteiger partial charge < -0.3 is 16.2 Å². The van der Waals surface area contributed by atoms with Crippen molar-refractivity contribution in [1.82, 2.24) is 15.0 Å². The van der Waals surface area contributed by atoms with Crippen LogP contribution < -0.4 is 11.1 Å².